The van der Waals surface area contributed by atoms with Crippen molar-refractivity contribution in [1.29, 1.82) is 0 Å². The lowest BCUT2D eigenvalue weighted by Crippen LogP contribution is -2.34. The van der Waals surface area contributed by atoms with Gasteiger partial charge in [0.15, 0.2) is 10.9 Å². The van der Waals surface area contributed by atoms with Crippen LogP contribution in [-0.4, -0.2) is 18.1 Å². The Balaban J connectivity index is 1.70. The van der Waals surface area contributed by atoms with Crippen LogP contribution in [0.5, 0.6) is 5.75 Å². The summed E-state index contributed by atoms with van der Waals surface area (Å²) in [5, 5.41) is 6.11. The molecule has 2 aromatic carbocycles. The maximum Gasteiger partial charge on any atom is 0.293 e. The summed E-state index contributed by atoms with van der Waals surface area (Å²) in [6.07, 6.45) is 0. The van der Waals surface area contributed by atoms with E-state index in [1.54, 1.807) is 30.3 Å². The van der Waals surface area contributed by atoms with Crippen LogP contribution in [0.15, 0.2) is 52.9 Å². The minimum atomic E-state index is -0.450. The summed E-state index contributed by atoms with van der Waals surface area (Å²) in [7, 11) is 1.53. The van der Waals surface area contributed by atoms with Gasteiger partial charge in [0.25, 0.3) is 5.91 Å². The molecule has 0 unspecified atom stereocenters. The molecule has 0 aliphatic heterocycles. The number of nitrogens with one attached hydrogen (secondary N) is 2. The number of anilines is 1. The van der Waals surface area contributed by atoms with Crippen LogP contribution in [-0.2, 0) is 0 Å². The van der Waals surface area contributed by atoms with Gasteiger partial charge in [-0.2, -0.15) is 0 Å². The summed E-state index contributed by atoms with van der Waals surface area (Å²) in [5.41, 5.74) is 3.81. The van der Waals surface area contributed by atoms with Gasteiger partial charge in [-0.25, -0.2) is 0 Å². The van der Waals surface area contributed by atoms with E-state index in [1.165, 1.54) is 12.7 Å². The number of hydrogen-bond donors (Lipinski definition) is 2. The van der Waals surface area contributed by atoms with Gasteiger partial charge in [-0.15, -0.1) is 0 Å². The van der Waals surface area contributed by atoms with Gasteiger partial charge in [-0.1, -0.05) is 23.7 Å². The fourth-order valence-corrected chi connectivity index (χ4v) is 2.98. The number of thiocarbonyl (C=S) groups is 1. The number of benzene rings is 2. The number of rotatable bonds is 4. The summed E-state index contributed by atoms with van der Waals surface area (Å²) in [4.78, 5) is 12.4. The van der Waals surface area contributed by atoms with Crippen molar-refractivity contribution in [1.82, 2.24) is 5.32 Å². The Morgan fingerprint density at radius 1 is 1.07 bits per heavy atom. The summed E-state index contributed by atoms with van der Waals surface area (Å²) >= 11 is 11.2. The van der Waals surface area contributed by atoms with E-state index in [1.807, 2.05) is 32.0 Å². The van der Waals surface area contributed by atoms with Crippen LogP contribution in [0.1, 0.15) is 21.7 Å². The van der Waals surface area contributed by atoms with Gasteiger partial charge in [0.05, 0.1) is 12.8 Å². The normalized spacial score (nSPS) is 10.4. The first kappa shape index (κ1) is 19.9. The first-order chi connectivity index (χ1) is 13.4. The molecule has 1 aromatic heterocycles. The van der Waals surface area contributed by atoms with Crippen molar-refractivity contribution in [3.8, 4) is 17.1 Å². The molecule has 1 heterocycles. The van der Waals surface area contributed by atoms with Gasteiger partial charge in [0.2, 0.25) is 0 Å². The zero-order valence-electron chi connectivity index (χ0n) is 15.6. The molecule has 5 nitrogen and oxygen atoms in total. The molecule has 144 valence electrons. The first-order valence-electron chi connectivity index (χ1n) is 8.50. The number of furan rings is 1. The average Bonchev–Trinajstić information content (AvgIpc) is 3.14. The summed E-state index contributed by atoms with van der Waals surface area (Å²) < 4.78 is 10.9. The van der Waals surface area contributed by atoms with Gasteiger partial charge in [-0.3, -0.25) is 10.1 Å². The average molecular weight is 415 g/mol. The summed E-state index contributed by atoms with van der Waals surface area (Å²) in [6, 6.07) is 14.4. The van der Waals surface area contributed by atoms with E-state index in [9.17, 15) is 4.79 Å². The molecular weight excluding hydrogens is 396 g/mol. The van der Waals surface area contributed by atoms with Crippen molar-refractivity contribution in [2.75, 3.05) is 12.4 Å². The molecule has 0 saturated carbocycles. The maximum absolute atomic E-state index is 12.4. The molecule has 28 heavy (non-hydrogen) atoms. The fourth-order valence-electron chi connectivity index (χ4n) is 2.61. The SMILES string of the molecule is COc1ccc(Cl)cc1NC(=S)NC(=O)c1ccc(-c2ccc(C)c(C)c2)o1. The van der Waals surface area contributed by atoms with Crippen LogP contribution < -0.4 is 15.4 Å². The lowest BCUT2D eigenvalue weighted by molar-refractivity contribution is 0.0951. The topological polar surface area (TPSA) is 63.5 Å². The highest BCUT2D eigenvalue weighted by molar-refractivity contribution is 7.80. The molecule has 3 aromatic rings. The predicted octanol–water partition coefficient (Wildman–Crippen LogP) is 5.35. The van der Waals surface area contributed by atoms with E-state index in [-0.39, 0.29) is 10.9 Å². The van der Waals surface area contributed by atoms with Crippen LogP contribution in [0.2, 0.25) is 5.02 Å². The number of ether oxygens (including phenoxy) is 1. The highest BCUT2D eigenvalue weighted by Crippen LogP contribution is 2.28. The largest absolute Gasteiger partial charge is 0.495 e. The van der Waals surface area contributed by atoms with Gasteiger partial charge in [-0.05, 0) is 73.6 Å². The molecule has 0 saturated heterocycles. The Morgan fingerprint density at radius 2 is 1.86 bits per heavy atom. The summed E-state index contributed by atoms with van der Waals surface area (Å²) in [6.45, 7) is 4.08. The first-order valence-corrected chi connectivity index (χ1v) is 9.29. The molecule has 0 aliphatic rings. The Bertz CT molecular complexity index is 1050. The molecular formula is C21H19ClN2O3S. The number of carbonyl (C=O) groups is 1. The minimum absolute atomic E-state index is 0.106. The lowest BCUT2D eigenvalue weighted by atomic mass is 10.1. The van der Waals surface area contributed by atoms with Crippen LogP contribution in [0.3, 0.4) is 0 Å². The highest BCUT2D eigenvalue weighted by Gasteiger charge is 2.15. The fraction of sp³-hybridized carbons (Fsp3) is 0.143. The standard InChI is InChI=1S/C21H19ClN2O3S/c1-12-4-5-14(10-13(12)2)17-8-9-19(27-17)20(25)24-21(28)23-16-11-15(22)6-7-18(16)26-3/h4-11H,1-3H3,(H2,23,24,25,28). The molecule has 0 aliphatic carbocycles. The molecule has 0 bridgehead atoms. The van der Waals surface area contributed by atoms with E-state index in [2.05, 4.69) is 10.6 Å². The Morgan fingerprint density at radius 3 is 2.57 bits per heavy atom. The van der Waals surface area contributed by atoms with Crippen LogP contribution in [0, 0.1) is 13.8 Å². The van der Waals surface area contributed by atoms with E-state index in [0.29, 0.717) is 22.2 Å². The Kier molecular flexibility index (Phi) is 6.02. The number of methoxy groups -OCH3 is 1. The van der Waals surface area contributed by atoms with Crippen LogP contribution in [0.4, 0.5) is 5.69 Å². The number of amides is 1. The second-order valence-corrected chi connectivity index (χ2v) is 7.06. The molecule has 3 rings (SSSR count). The molecule has 1 amide bonds. The smallest absolute Gasteiger partial charge is 0.293 e. The van der Waals surface area contributed by atoms with Crippen molar-refractivity contribution in [3.05, 3.63) is 70.4 Å². The maximum atomic E-state index is 12.4. The van der Waals surface area contributed by atoms with E-state index < -0.39 is 5.91 Å². The molecule has 0 fully saturated rings. The zero-order valence-corrected chi connectivity index (χ0v) is 17.2. The third kappa shape index (κ3) is 4.52. The van der Waals surface area contributed by atoms with E-state index in [0.717, 1.165) is 11.1 Å². The quantitative estimate of drug-likeness (QED) is 0.563. The number of hydrogen-bond acceptors (Lipinski definition) is 4. The van der Waals surface area contributed by atoms with Crippen molar-refractivity contribution in [2.45, 2.75) is 13.8 Å². The third-order valence-corrected chi connectivity index (χ3v) is 4.70. The van der Waals surface area contributed by atoms with Crippen molar-refractivity contribution in [2.24, 2.45) is 0 Å². The number of aryl methyl sites for hydroxylation is 2. The number of carbonyl (C=O) groups excluding carboxylic acids is 1. The highest BCUT2D eigenvalue weighted by atomic mass is 35.5. The van der Waals surface area contributed by atoms with Crippen molar-refractivity contribution < 1.29 is 13.9 Å². The number of halogens is 1. The third-order valence-electron chi connectivity index (χ3n) is 4.26. The zero-order chi connectivity index (χ0) is 20.3. The van der Waals surface area contributed by atoms with E-state index in [4.69, 9.17) is 33.0 Å². The van der Waals surface area contributed by atoms with Crippen molar-refractivity contribution in [3.63, 3.8) is 0 Å². The van der Waals surface area contributed by atoms with Crippen molar-refractivity contribution >= 4 is 40.5 Å². The van der Waals surface area contributed by atoms with Crippen LogP contribution in [0.25, 0.3) is 11.3 Å². The Labute approximate surface area is 173 Å². The van der Waals surface area contributed by atoms with E-state index >= 15 is 0 Å². The monoisotopic (exact) mass is 414 g/mol. The minimum Gasteiger partial charge on any atom is -0.495 e. The second-order valence-electron chi connectivity index (χ2n) is 6.22. The van der Waals surface area contributed by atoms with Gasteiger partial charge < -0.3 is 14.5 Å². The molecule has 0 atom stereocenters. The summed E-state index contributed by atoms with van der Waals surface area (Å²) in [5.74, 6) is 0.878. The lowest BCUT2D eigenvalue weighted by Gasteiger charge is -2.12. The molecule has 0 spiro atoms. The Hall–Kier alpha value is -2.83. The van der Waals surface area contributed by atoms with Gasteiger partial charge >= 0.3 is 0 Å². The van der Waals surface area contributed by atoms with Crippen LogP contribution >= 0.6 is 23.8 Å². The second kappa shape index (κ2) is 8.46. The van der Waals surface area contributed by atoms with Gasteiger partial charge in [0, 0.05) is 10.6 Å². The molecule has 7 heteroatoms. The van der Waals surface area contributed by atoms with Gasteiger partial charge in [0.1, 0.15) is 11.5 Å². The molecule has 0 radical (unpaired) electrons. The predicted molar refractivity (Wildman–Crippen MR) is 115 cm³/mol. The molecule has 2 N–H and O–H groups in total.